The lowest BCUT2D eigenvalue weighted by molar-refractivity contribution is -0.119. The first kappa shape index (κ1) is 12.2. The molecule has 3 nitrogen and oxygen atoms in total. The molecule has 1 aliphatic heterocycles. The summed E-state index contributed by atoms with van der Waals surface area (Å²) in [5.41, 5.74) is 0. The summed E-state index contributed by atoms with van der Waals surface area (Å²) in [5.74, 6) is -1.27. The maximum Gasteiger partial charge on any atom is 0.279 e. The van der Waals surface area contributed by atoms with E-state index >= 15 is 0 Å². The van der Waals surface area contributed by atoms with E-state index in [1.165, 1.54) is 6.08 Å². The monoisotopic (exact) mass is 214 g/mol. The largest absolute Gasteiger partial charge is 0.348 e. The molecule has 4 heteroatoms. The number of carbonyl (C=O) groups excluding carboxylic acids is 1. The average molecular weight is 214 g/mol. The zero-order valence-corrected chi connectivity index (χ0v) is 9.59. The predicted molar refractivity (Wildman–Crippen MR) is 58.1 cm³/mol. The van der Waals surface area contributed by atoms with E-state index in [9.17, 15) is 9.18 Å². The highest BCUT2D eigenvalue weighted by Crippen LogP contribution is 2.17. The van der Waals surface area contributed by atoms with Crippen molar-refractivity contribution in [2.45, 2.75) is 38.8 Å². The van der Waals surface area contributed by atoms with Gasteiger partial charge in [-0.05, 0) is 46.4 Å². The summed E-state index contributed by atoms with van der Waals surface area (Å²) >= 11 is 0. The van der Waals surface area contributed by atoms with Crippen LogP contribution in [0.15, 0.2) is 11.9 Å². The molecule has 0 aliphatic carbocycles. The number of nitrogens with zero attached hydrogens (tertiary/aromatic N) is 1. The predicted octanol–water partition coefficient (Wildman–Crippen LogP) is 1.46. The van der Waals surface area contributed by atoms with Crippen LogP contribution in [0.5, 0.6) is 0 Å². The van der Waals surface area contributed by atoms with Crippen LogP contribution in [0.1, 0.15) is 26.7 Å². The first-order chi connectivity index (χ1) is 7.00. The lowest BCUT2D eigenvalue weighted by Crippen LogP contribution is -2.31. The smallest absolute Gasteiger partial charge is 0.279 e. The van der Waals surface area contributed by atoms with Crippen LogP contribution >= 0.6 is 0 Å². The molecule has 0 spiro atoms. The van der Waals surface area contributed by atoms with Gasteiger partial charge in [-0.3, -0.25) is 9.69 Å². The quantitative estimate of drug-likeness (QED) is 0.721. The molecular weight excluding hydrogens is 195 g/mol. The second-order valence-electron chi connectivity index (χ2n) is 4.33. The zero-order chi connectivity index (χ0) is 11.4. The van der Waals surface area contributed by atoms with Crippen LogP contribution < -0.4 is 5.32 Å². The number of hydrogen-bond donors (Lipinski definition) is 1. The van der Waals surface area contributed by atoms with E-state index in [1.807, 2.05) is 20.9 Å². The summed E-state index contributed by atoms with van der Waals surface area (Å²) in [6, 6.07) is 0.0425. The molecule has 1 atom stereocenters. The van der Waals surface area contributed by atoms with Crippen molar-refractivity contribution >= 4 is 5.91 Å². The Hall–Kier alpha value is -0.900. The molecule has 1 N–H and O–H groups in total. The molecular formula is C11H19FN2O. The summed E-state index contributed by atoms with van der Waals surface area (Å²) in [4.78, 5) is 13.3. The first-order valence-corrected chi connectivity index (χ1v) is 5.39. The van der Waals surface area contributed by atoms with E-state index in [-0.39, 0.29) is 12.1 Å². The minimum absolute atomic E-state index is 0.0297. The van der Waals surface area contributed by atoms with E-state index in [0.29, 0.717) is 0 Å². The van der Waals surface area contributed by atoms with Gasteiger partial charge in [-0.2, -0.15) is 0 Å². The lowest BCUT2D eigenvalue weighted by Gasteiger charge is -2.15. The van der Waals surface area contributed by atoms with Crippen molar-refractivity contribution in [2.75, 3.05) is 13.6 Å². The van der Waals surface area contributed by atoms with Crippen LogP contribution in [-0.4, -0.2) is 36.5 Å². The normalized spacial score (nSPS) is 23.5. The third-order valence-corrected chi connectivity index (χ3v) is 2.55. The molecule has 1 heterocycles. The van der Waals surface area contributed by atoms with Crippen molar-refractivity contribution in [3.8, 4) is 0 Å². The van der Waals surface area contributed by atoms with Gasteiger partial charge in [0.2, 0.25) is 0 Å². The molecule has 15 heavy (non-hydrogen) atoms. The number of nitrogens with one attached hydrogen (secondary N) is 1. The highest BCUT2D eigenvalue weighted by atomic mass is 19.1. The topological polar surface area (TPSA) is 32.3 Å². The molecule has 86 valence electrons. The van der Waals surface area contributed by atoms with Gasteiger partial charge in [0.05, 0.1) is 0 Å². The number of likely N-dealkylation sites (tertiary alicyclic amines) is 1. The van der Waals surface area contributed by atoms with Crippen molar-refractivity contribution < 1.29 is 9.18 Å². The maximum atomic E-state index is 13.4. The van der Waals surface area contributed by atoms with E-state index in [4.69, 9.17) is 0 Å². The fourth-order valence-corrected chi connectivity index (χ4v) is 1.72. The maximum absolute atomic E-state index is 13.4. The molecule has 1 rings (SSSR count). The average Bonchev–Trinajstić information content (AvgIpc) is 2.50. The van der Waals surface area contributed by atoms with Gasteiger partial charge in [0.1, 0.15) is 0 Å². The summed E-state index contributed by atoms with van der Waals surface area (Å²) in [6.07, 6.45) is 3.42. The Kier molecular flexibility index (Phi) is 4.27. The van der Waals surface area contributed by atoms with Crippen LogP contribution in [0.25, 0.3) is 0 Å². The Bertz CT molecular complexity index is 263. The molecule has 0 radical (unpaired) electrons. The van der Waals surface area contributed by atoms with E-state index in [2.05, 4.69) is 10.2 Å². The van der Waals surface area contributed by atoms with Crippen molar-refractivity contribution in [3.05, 3.63) is 11.9 Å². The molecule has 0 bridgehead atoms. The Morgan fingerprint density at radius 1 is 1.60 bits per heavy atom. The van der Waals surface area contributed by atoms with Gasteiger partial charge in [0.15, 0.2) is 5.83 Å². The number of halogens is 1. The Morgan fingerprint density at radius 2 is 2.27 bits per heavy atom. The molecule has 1 amide bonds. The fraction of sp³-hybridized carbons (Fsp3) is 0.727. The van der Waals surface area contributed by atoms with E-state index in [1.54, 1.807) is 0 Å². The highest BCUT2D eigenvalue weighted by molar-refractivity contribution is 5.91. The van der Waals surface area contributed by atoms with Crippen molar-refractivity contribution in [1.29, 1.82) is 0 Å². The SMILES string of the molecule is CC(C)NC(=O)/C(F)=C\C1CCCN1C. The molecule has 0 aromatic heterocycles. The molecule has 1 aliphatic rings. The molecule has 0 aromatic rings. The Balaban J connectivity index is 2.54. The summed E-state index contributed by atoms with van der Waals surface area (Å²) < 4.78 is 13.4. The van der Waals surface area contributed by atoms with Gasteiger partial charge >= 0.3 is 0 Å². The minimum atomic E-state index is -0.664. The summed E-state index contributed by atoms with van der Waals surface area (Å²) in [6.45, 7) is 4.60. The Morgan fingerprint density at radius 3 is 2.73 bits per heavy atom. The number of rotatable bonds is 3. The third-order valence-electron chi connectivity index (χ3n) is 2.55. The van der Waals surface area contributed by atoms with Gasteiger partial charge in [-0.15, -0.1) is 0 Å². The second kappa shape index (κ2) is 5.26. The first-order valence-electron chi connectivity index (χ1n) is 5.39. The molecule has 1 saturated heterocycles. The summed E-state index contributed by atoms with van der Waals surface area (Å²) in [5, 5.41) is 2.53. The van der Waals surface area contributed by atoms with Crippen molar-refractivity contribution in [1.82, 2.24) is 10.2 Å². The summed E-state index contributed by atoms with van der Waals surface area (Å²) in [7, 11) is 1.95. The number of hydrogen-bond acceptors (Lipinski definition) is 2. The minimum Gasteiger partial charge on any atom is -0.348 e. The van der Waals surface area contributed by atoms with Crippen molar-refractivity contribution in [3.63, 3.8) is 0 Å². The van der Waals surface area contributed by atoms with E-state index < -0.39 is 11.7 Å². The standard InChI is InChI=1S/C11H19FN2O/c1-8(2)13-11(15)10(12)7-9-5-4-6-14(9)3/h7-9H,4-6H2,1-3H3,(H,13,15)/b10-7+. The van der Waals surface area contributed by atoms with Crippen LogP contribution in [0.4, 0.5) is 4.39 Å². The Labute approximate surface area is 90.3 Å². The van der Waals surface area contributed by atoms with Crippen molar-refractivity contribution in [2.24, 2.45) is 0 Å². The fourth-order valence-electron chi connectivity index (χ4n) is 1.72. The second-order valence-corrected chi connectivity index (χ2v) is 4.33. The highest BCUT2D eigenvalue weighted by Gasteiger charge is 2.21. The molecule has 1 unspecified atom stereocenters. The molecule has 1 fully saturated rings. The van der Waals surface area contributed by atoms with Gasteiger partial charge in [-0.1, -0.05) is 0 Å². The number of amides is 1. The van der Waals surface area contributed by atoms with Gasteiger partial charge < -0.3 is 5.32 Å². The van der Waals surface area contributed by atoms with Crippen LogP contribution in [0, 0.1) is 0 Å². The number of likely N-dealkylation sites (N-methyl/N-ethyl adjacent to an activating group) is 1. The molecule has 0 aromatic carbocycles. The zero-order valence-electron chi connectivity index (χ0n) is 9.59. The van der Waals surface area contributed by atoms with Gasteiger partial charge in [0.25, 0.3) is 5.91 Å². The third kappa shape index (κ3) is 3.63. The van der Waals surface area contributed by atoms with E-state index in [0.717, 1.165) is 19.4 Å². The van der Waals surface area contributed by atoms with Gasteiger partial charge in [-0.25, -0.2) is 4.39 Å². The lowest BCUT2D eigenvalue weighted by atomic mass is 10.2. The van der Waals surface area contributed by atoms with Crippen LogP contribution in [0.3, 0.4) is 0 Å². The number of carbonyl (C=O) groups is 1. The molecule has 0 saturated carbocycles. The van der Waals surface area contributed by atoms with Crippen LogP contribution in [-0.2, 0) is 4.79 Å². The van der Waals surface area contributed by atoms with Gasteiger partial charge in [0, 0.05) is 12.1 Å². The van der Waals surface area contributed by atoms with Crippen LogP contribution in [0.2, 0.25) is 0 Å².